The Morgan fingerprint density at radius 1 is 1.18 bits per heavy atom. The molecule has 0 unspecified atom stereocenters. The zero-order chi connectivity index (χ0) is 15.9. The van der Waals surface area contributed by atoms with Crippen LogP contribution in [-0.2, 0) is 9.59 Å². The molecule has 4 amide bonds. The molecule has 2 aliphatic rings. The molecule has 0 aromatic carbocycles. The van der Waals surface area contributed by atoms with Crippen LogP contribution in [0.25, 0.3) is 0 Å². The van der Waals surface area contributed by atoms with Gasteiger partial charge in [0.2, 0.25) is 5.91 Å². The highest BCUT2D eigenvalue weighted by molar-refractivity contribution is 6.04. The van der Waals surface area contributed by atoms with Gasteiger partial charge < -0.3 is 10.2 Å². The normalized spacial score (nSPS) is 19.3. The predicted molar refractivity (Wildman–Crippen MR) is 83.2 cm³/mol. The van der Waals surface area contributed by atoms with Gasteiger partial charge in [-0.2, -0.15) is 0 Å². The Labute approximate surface area is 132 Å². The van der Waals surface area contributed by atoms with Gasteiger partial charge in [0, 0.05) is 12.6 Å². The second kappa shape index (κ2) is 8.15. The van der Waals surface area contributed by atoms with Crippen LogP contribution in [0.2, 0.25) is 0 Å². The van der Waals surface area contributed by atoms with Gasteiger partial charge in [0.25, 0.3) is 5.91 Å². The van der Waals surface area contributed by atoms with Gasteiger partial charge in [0.15, 0.2) is 0 Å². The summed E-state index contributed by atoms with van der Waals surface area (Å²) in [6.45, 7) is 2.74. The van der Waals surface area contributed by atoms with E-state index in [4.69, 9.17) is 0 Å². The fourth-order valence-corrected chi connectivity index (χ4v) is 3.20. The molecule has 0 bridgehead atoms. The first-order valence-electron chi connectivity index (χ1n) is 8.51. The Bertz CT molecular complexity index is 419. The van der Waals surface area contributed by atoms with Crippen molar-refractivity contribution >= 4 is 17.8 Å². The third-order valence-corrected chi connectivity index (χ3v) is 4.50. The first kappa shape index (κ1) is 16.8. The molecule has 1 saturated heterocycles. The maximum atomic E-state index is 12.3. The highest BCUT2D eigenvalue weighted by Gasteiger charge is 2.41. The van der Waals surface area contributed by atoms with E-state index in [0.29, 0.717) is 6.54 Å². The van der Waals surface area contributed by atoms with Crippen LogP contribution in [0, 0.1) is 0 Å². The van der Waals surface area contributed by atoms with Gasteiger partial charge >= 0.3 is 6.03 Å². The number of imide groups is 1. The van der Waals surface area contributed by atoms with Crippen LogP contribution in [0.4, 0.5) is 4.79 Å². The fraction of sp³-hybridized carbons (Fsp3) is 0.812. The molecule has 1 aliphatic carbocycles. The van der Waals surface area contributed by atoms with Crippen molar-refractivity contribution in [1.82, 2.24) is 15.1 Å². The average Bonchev–Trinajstić information content (AvgIpc) is 3.11. The number of carbonyl (C=O) groups is 3. The van der Waals surface area contributed by atoms with E-state index in [-0.39, 0.29) is 37.0 Å². The predicted octanol–water partition coefficient (Wildman–Crippen LogP) is 1.89. The molecule has 6 nitrogen and oxygen atoms in total. The first-order valence-corrected chi connectivity index (χ1v) is 8.51. The smallest absolute Gasteiger partial charge is 0.327 e. The molecule has 124 valence electrons. The lowest BCUT2D eigenvalue weighted by molar-refractivity contribution is -0.130. The van der Waals surface area contributed by atoms with Crippen molar-refractivity contribution in [3.63, 3.8) is 0 Å². The Kier molecular flexibility index (Phi) is 6.21. The molecule has 0 atom stereocenters. The number of unbranched alkanes of at least 4 members (excludes halogenated alkanes) is 3. The third kappa shape index (κ3) is 4.21. The molecule has 22 heavy (non-hydrogen) atoms. The highest BCUT2D eigenvalue weighted by Crippen LogP contribution is 2.26. The summed E-state index contributed by atoms with van der Waals surface area (Å²) >= 11 is 0. The molecule has 0 spiro atoms. The molecular formula is C16H27N3O3. The van der Waals surface area contributed by atoms with Gasteiger partial charge in [-0.05, 0) is 19.3 Å². The lowest BCUT2D eigenvalue weighted by Gasteiger charge is -2.22. The summed E-state index contributed by atoms with van der Waals surface area (Å²) in [6, 6.07) is -0.114. The van der Waals surface area contributed by atoms with Crippen molar-refractivity contribution in [2.24, 2.45) is 0 Å². The Balaban J connectivity index is 1.75. The number of nitrogens with zero attached hydrogens (tertiary/aromatic N) is 2. The summed E-state index contributed by atoms with van der Waals surface area (Å²) in [5, 5.41) is 2.79. The van der Waals surface area contributed by atoms with Crippen molar-refractivity contribution in [3.8, 4) is 0 Å². The Morgan fingerprint density at radius 3 is 2.59 bits per heavy atom. The quantitative estimate of drug-likeness (QED) is 0.550. The Hall–Kier alpha value is -1.59. The van der Waals surface area contributed by atoms with E-state index in [1.54, 1.807) is 4.90 Å². The van der Waals surface area contributed by atoms with Crippen molar-refractivity contribution in [2.45, 2.75) is 64.3 Å². The van der Waals surface area contributed by atoms with Gasteiger partial charge in [-0.3, -0.25) is 14.5 Å². The number of carbonyl (C=O) groups excluding carboxylic acids is 3. The second-order valence-electron chi connectivity index (χ2n) is 6.24. The monoisotopic (exact) mass is 309 g/mol. The van der Waals surface area contributed by atoms with E-state index < -0.39 is 0 Å². The minimum Gasteiger partial charge on any atom is -0.355 e. The van der Waals surface area contributed by atoms with Crippen molar-refractivity contribution in [3.05, 3.63) is 0 Å². The topological polar surface area (TPSA) is 69.7 Å². The first-order chi connectivity index (χ1) is 10.6. The number of amides is 4. The van der Waals surface area contributed by atoms with Crippen molar-refractivity contribution in [2.75, 3.05) is 19.6 Å². The molecule has 2 rings (SSSR count). The van der Waals surface area contributed by atoms with E-state index in [2.05, 4.69) is 12.2 Å². The maximum Gasteiger partial charge on any atom is 0.327 e. The van der Waals surface area contributed by atoms with Crippen LogP contribution < -0.4 is 5.32 Å². The molecule has 0 aromatic heterocycles. The number of rotatable bonds is 8. The number of urea groups is 1. The number of hydrogen-bond donors (Lipinski definition) is 1. The van der Waals surface area contributed by atoms with Crippen LogP contribution in [-0.4, -0.2) is 53.3 Å². The lowest BCUT2D eigenvalue weighted by atomic mass is 10.2. The highest BCUT2D eigenvalue weighted by atomic mass is 16.2. The molecule has 1 N–H and O–H groups in total. The van der Waals surface area contributed by atoms with E-state index in [1.165, 1.54) is 0 Å². The van der Waals surface area contributed by atoms with E-state index in [1.807, 2.05) is 0 Å². The van der Waals surface area contributed by atoms with Crippen molar-refractivity contribution in [1.29, 1.82) is 0 Å². The van der Waals surface area contributed by atoms with Gasteiger partial charge in [-0.1, -0.05) is 39.0 Å². The SMILES string of the molecule is CCCCCCNC(=O)CN1C(=O)CN(C2CCCC2)C1=O. The molecule has 2 fully saturated rings. The molecule has 0 radical (unpaired) electrons. The van der Waals surface area contributed by atoms with E-state index >= 15 is 0 Å². The van der Waals surface area contributed by atoms with Crippen molar-refractivity contribution < 1.29 is 14.4 Å². The third-order valence-electron chi connectivity index (χ3n) is 4.50. The molecule has 1 saturated carbocycles. The minimum atomic E-state index is -0.293. The largest absolute Gasteiger partial charge is 0.355 e. The summed E-state index contributed by atoms with van der Waals surface area (Å²) in [4.78, 5) is 38.9. The van der Waals surface area contributed by atoms with Crippen LogP contribution in [0.3, 0.4) is 0 Å². The molecule has 0 aromatic rings. The average molecular weight is 309 g/mol. The second-order valence-corrected chi connectivity index (χ2v) is 6.24. The van der Waals surface area contributed by atoms with Gasteiger partial charge in [-0.25, -0.2) is 4.79 Å². The standard InChI is InChI=1S/C16H27N3O3/c1-2-3-4-7-10-17-14(20)11-19-15(21)12-18(16(19)22)13-8-5-6-9-13/h13H,2-12H2,1H3,(H,17,20). The molecule has 6 heteroatoms. The van der Waals surface area contributed by atoms with Gasteiger partial charge in [0.05, 0.1) is 0 Å². The summed E-state index contributed by atoms with van der Waals surface area (Å²) in [5.41, 5.74) is 0. The molecular weight excluding hydrogens is 282 g/mol. The summed E-state index contributed by atoms with van der Waals surface area (Å²) in [6.07, 6.45) is 8.51. The minimum absolute atomic E-state index is 0.132. The van der Waals surface area contributed by atoms with Crippen LogP contribution in [0.15, 0.2) is 0 Å². The van der Waals surface area contributed by atoms with Crippen LogP contribution >= 0.6 is 0 Å². The Morgan fingerprint density at radius 2 is 1.91 bits per heavy atom. The van der Waals surface area contributed by atoms with Gasteiger partial charge in [-0.15, -0.1) is 0 Å². The number of nitrogens with one attached hydrogen (secondary N) is 1. The molecule has 1 heterocycles. The van der Waals surface area contributed by atoms with Gasteiger partial charge in [0.1, 0.15) is 13.1 Å². The maximum absolute atomic E-state index is 12.3. The summed E-state index contributed by atoms with van der Waals surface area (Å²) in [7, 11) is 0. The van der Waals surface area contributed by atoms with Crippen LogP contribution in [0.1, 0.15) is 58.3 Å². The zero-order valence-electron chi connectivity index (χ0n) is 13.5. The molecule has 1 aliphatic heterocycles. The summed E-state index contributed by atoms with van der Waals surface area (Å²) in [5.74, 6) is -0.496. The fourth-order valence-electron chi connectivity index (χ4n) is 3.20. The van der Waals surface area contributed by atoms with Crippen LogP contribution in [0.5, 0.6) is 0 Å². The number of hydrogen-bond acceptors (Lipinski definition) is 3. The lowest BCUT2D eigenvalue weighted by Crippen LogP contribution is -2.43. The summed E-state index contributed by atoms with van der Waals surface area (Å²) < 4.78 is 0. The van der Waals surface area contributed by atoms with E-state index in [0.717, 1.165) is 56.3 Å². The zero-order valence-corrected chi connectivity index (χ0v) is 13.5. The van der Waals surface area contributed by atoms with E-state index in [9.17, 15) is 14.4 Å².